The summed E-state index contributed by atoms with van der Waals surface area (Å²) >= 11 is 0. The highest BCUT2D eigenvalue weighted by atomic mass is 16.5. The third-order valence-corrected chi connectivity index (χ3v) is 7.15. The first-order valence-electron chi connectivity index (χ1n) is 12.1. The van der Waals surface area contributed by atoms with Crippen molar-refractivity contribution in [2.45, 2.75) is 51.7 Å². The van der Waals surface area contributed by atoms with Crippen LogP contribution in [0.3, 0.4) is 0 Å². The van der Waals surface area contributed by atoms with Gasteiger partial charge in [0, 0.05) is 30.9 Å². The molecule has 0 aromatic heterocycles. The Kier molecular flexibility index (Phi) is 6.11. The van der Waals surface area contributed by atoms with Gasteiger partial charge < -0.3 is 19.6 Å². The number of hydrogen-bond acceptors (Lipinski definition) is 5. The highest BCUT2D eigenvalue weighted by molar-refractivity contribution is 6.07. The molecule has 3 aliphatic rings. The summed E-state index contributed by atoms with van der Waals surface area (Å²) in [4.78, 5) is 22.0. The number of carbonyl (C=O) groups is 1. The molecule has 1 amide bonds. The number of amides is 1. The SMILES string of the molecule is CN(C)CCOc1ccc2c(c1)CN(C(=O)c1cc3c(cc1O)CN=C3CC1CCCC1)C2. The lowest BCUT2D eigenvalue weighted by atomic mass is 9.93. The first-order valence-corrected chi connectivity index (χ1v) is 12.1. The van der Waals surface area contributed by atoms with Crippen LogP contribution in [-0.2, 0) is 19.6 Å². The molecule has 6 heteroatoms. The Morgan fingerprint density at radius 1 is 1.12 bits per heavy atom. The van der Waals surface area contributed by atoms with Gasteiger partial charge in [0.2, 0.25) is 0 Å². The summed E-state index contributed by atoms with van der Waals surface area (Å²) in [5.74, 6) is 1.45. The van der Waals surface area contributed by atoms with Crippen LogP contribution in [0.2, 0.25) is 0 Å². The first kappa shape index (κ1) is 22.0. The maximum atomic E-state index is 13.4. The standard InChI is InChI=1S/C27H33N3O3/c1-29(2)9-10-33-22-8-7-19-16-30(17-21(19)12-22)27(32)24-14-23-20(13-26(24)31)15-28-25(23)11-18-5-3-4-6-18/h7-8,12-14,18,31H,3-6,9-11,15-17H2,1-2H3. The van der Waals surface area contributed by atoms with Crippen molar-refractivity contribution in [3.63, 3.8) is 0 Å². The summed E-state index contributed by atoms with van der Waals surface area (Å²) in [7, 11) is 4.04. The van der Waals surface area contributed by atoms with Crippen LogP contribution in [-0.4, -0.2) is 53.8 Å². The van der Waals surface area contributed by atoms with Crippen LogP contribution < -0.4 is 4.74 Å². The molecule has 2 heterocycles. The molecule has 0 saturated heterocycles. The van der Waals surface area contributed by atoms with Gasteiger partial charge in [-0.25, -0.2) is 0 Å². The lowest BCUT2D eigenvalue weighted by Gasteiger charge is -2.18. The van der Waals surface area contributed by atoms with E-state index in [9.17, 15) is 9.90 Å². The number of nitrogens with zero attached hydrogens (tertiary/aromatic N) is 3. The van der Waals surface area contributed by atoms with E-state index in [1.807, 2.05) is 38.4 Å². The van der Waals surface area contributed by atoms with Crippen molar-refractivity contribution in [3.8, 4) is 11.5 Å². The van der Waals surface area contributed by atoms with Crippen LogP contribution in [0.5, 0.6) is 11.5 Å². The summed E-state index contributed by atoms with van der Waals surface area (Å²) in [6.45, 7) is 3.16. The number of phenols is 1. The van der Waals surface area contributed by atoms with E-state index < -0.39 is 0 Å². The zero-order valence-electron chi connectivity index (χ0n) is 19.6. The monoisotopic (exact) mass is 447 g/mol. The second-order valence-electron chi connectivity index (χ2n) is 9.89. The molecular weight excluding hydrogens is 414 g/mol. The molecule has 33 heavy (non-hydrogen) atoms. The highest BCUT2D eigenvalue weighted by Crippen LogP contribution is 2.35. The number of hydrogen-bond donors (Lipinski definition) is 1. The van der Waals surface area contributed by atoms with Crippen LogP contribution in [0.25, 0.3) is 0 Å². The Balaban J connectivity index is 1.30. The van der Waals surface area contributed by atoms with Crippen LogP contribution in [0, 0.1) is 5.92 Å². The van der Waals surface area contributed by atoms with Gasteiger partial charge in [-0.05, 0) is 67.4 Å². The van der Waals surface area contributed by atoms with Crippen LogP contribution >= 0.6 is 0 Å². The minimum atomic E-state index is -0.131. The molecule has 174 valence electrons. The molecular formula is C27H33N3O3. The number of phenolic OH excluding ortho intramolecular Hbond substituents is 1. The number of aliphatic imine (C=N–C) groups is 1. The van der Waals surface area contributed by atoms with Crippen molar-refractivity contribution in [1.82, 2.24) is 9.80 Å². The van der Waals surface area contributed by atoms with Gasteiger partial charge in [0.25, 0.3) is 5.91 Å². The number of fused-ring (bicyclic) bond motifs is 2. The molecule has 0 spiro atoms. The summed E-state index contributed by atoms with van der Waals surface area (Å²) < 4.78 is 5.86. The Morgan fingerprint density at radius 3 is 2.70 bits per heavy atom. The smallest absolute Gasteiger partial charge is 0.258 e. The molecule has 1 aliphatic carbocycles. The normalized spacial score (nSPS) is 17.4. The molecule has 1 fully saturated rings. The third kappa shape index (κ3) is 4.62. The number of rotatable bonds is 7. The van der Waals surface area contributed by atoms with E-state index in [1.165, 1.54) is 25.7 Å². The second kappa shape index (κ2) is 9.18. The second-order valence-corrected chi connectivity index (χ2v) is 9.89. The number of ether oxygens (including phenoxy) is 1. The van der Waals surface area contributed by atoms with E-state index in [0.29, 0.717) is 37.7 Å². The molecule has 0 atom stereocenters. The quantitative estimate of drug-likeness (QED) is 0.685. The van der Waals surface area contributed by atoms with Crippen molar-refractivity contribution < 1.29 is 14.6 Å². The van der Waals surface area contributed by atoms with E-state index in [1.54, 1.807) is 11.0 Å². The molecule has 0 radical (unpaired) electrons. The third-order valence-electron chi connectivity index (χ3n) is 7.15. The molecule has 2 aliphatic heterocycles. The summed E-state index contributed by atoms with van der Waals surface area (Å²) in [5.41, 5.74) is 5.81. The van der Waals surface area contributed by atoms with E-state index in [2.05, 4.69) is 4.90 Å². The van der Waals surface area contributed by atoms with E-state index in [4.69, 9.17) is 9.73 Å². The van der Waals surface area contributed by atoms with E-state index in [0.717, 1.165) is 46.7 Å². The van der Waals surface area contributed by atoms with Crippen LogP contribution in [0.1, 0.15) is 64.7 Å². The lowest BCUT2D eigenvalue weighted by molar-refractivity contribution is 0.0748. The minimum absolute atomic E-state index is 0.0553. The topological polar surface area (TPSA) is 65.4 Å². The summed E-state index contributed by atoms with van der Waals surface area (Å²) in [6.07, 6.45) is 6.14. The van der Waals surface area contributed by atoms with Crippen LogP contribution in [0.15, 0.2) is 35.3 Å². The van der Waals surface area contributed by atoms with Gasteiger partial charge in [-0.3, -0.25) is 9.79 Å². The summed E-state index contributed by atoms with van der Waals surface area (Å²) in [6, 6.07) is 9.68. The van der Waals surface area contributed by atoms with Crippen molar-refractivity contribution >= 4 is 11.6 Å². The van der Waals surface area contributed by atoms with Gasteiger partial charge in [0.15, 0.2) is 0 Å². The molecule has 1 N–H and O–H groups in total. The fourth-order valence-corrected chi connectivity index (χ4v) is 5.25. The van der Waals surface area contributed by atoms with E-state index in [-0.39, 0.29) is 11.7 Å². The maximum absolute atomic E-state index is 13.4. The molecule has 2 aromatic rings. The molecule has 0 unspecified atom stereocenters. The average Bonchev–Trinajstić information content (AvgIpc) is 3.53. The van der Waals surface area contributed by atoms with Gasteiger partial charge >= 0.3 is 0 Å². The van der Waals surface area contributed by atoms with Gasteiger partial charge in [-0.1, -0.05) is 31.7 Å². The fraction of sp³-hybridized carbons (Fsp3) is 0.481. The largest absolute Gasteiger partial charge is 0.507 e. The predicted octanol–water partition coefficient (Wildman–Crippen LogP) is 4.37. The molecule has 6 nitrogen and oxygen atoms in total. The fourth-order valence-electron chi connectivity index (χ4n) is 5.25. The number of aromatic hydroxyl groups is 1. The van der Waals surface area contributed by atoms with Gasteiger partial charge in [-0.2, -0.15) is 0 Å². The minimum Gasteiger partial charge on any atom is -0.507 e. The average molecular weight is 448 g/mol. The van der Waals surface area contributed by atoms with Crippen molar-refractivity contribution in [2.24, 2.45) is 10.9 Å². The molecule has 5 rings (SSSR count). The van der Waals surface area contributed by atoms with E-state index >= 15 is 0 Å². The first-order chi connectivity index (χ1) is 16.0. The highest BCUT2D eigenvalue weighted by Gasteiger charge is 2.29. The number of likely N-dealkylation sites (N-methyl/N-ethyl adjacent to an activating group) is 1. The van der Waals surface area contributed by atoms with Gasteiger partial charge in [0.1, 0.15) is 18.1 Å². The zero-order chi connectivity index (χ0) is 22.9. The zero-order valence-corrected chi connectivity index (χ0v) is 19.6. The Bertz CT molecular complexity index is 1090. The Morgan fingerprint density at radius 2 is 1.91 bits per heavy atom. The molecule has 0 bridgehead atoms. The van der Waals surface area contributed by atoms with Gasteiger partial charge in [0.05, 0.1) is 12.1 Å². The number of carbonyl (C=O) groups excluding carboxylic acids is 1. The van der Waals surface area contributed by atoms with Crippen molar-refractivity contribution in [1.29, 1.82) is 0 Å². The van der Waals surface area contributed by atoms with Crippen LogP contribution in [0.4, 0.5) is 0 Å². The predicted molar refractivity (Wildman–Crippen MR) is 129 cm³/mol. The maximum Gasteiger partial charge on any atom is 0.258 e. The molecule has 2 aromatic carbocycles. The summed E-state index contributed by atoms with van der Waals surface area (Å²) in [5, 5.41) is 10.7. The lowest BCUT2D eigenvalue weighted by Crippen LogP contribution is -2.25. The van der Waals surface area contributed by atoms with Gasteiger partial charge in [-0.15, -0.1) is 0 Å². The van der Waals surface area contributed by atoms with Crippen molar-refractivity contribution in [2.75, 3.05) is 27.2 Å². The number of benzene rings is 2. The Labute approximate surface area is 195 Å². The molecule has 1 saturated carbocycles. The van der Waals surface area contributed by atoms with Crippen molar-refractivity contribution in [3.05, 3.63) is 58.1 Å². The Hall–Kier alpha value is -2.86.